The van der Waals surface area contributed by atoms with E-state index in [-0.39, 0.29) is 10.6 Å². The molecule has 0 saturated carbocycles. The van der Waals surface area contributed by atoms with E-state index in [0.29, 0.717) is 5.03 Å². The number of benzene rings is 1. The van der Waals surface area contributed by atoms with E-state index in [1.165, 1.54) is 24.5 Å². The van der Waals surface area contributed by atoms with E-state index in [9.17, 15) is 8.78 Å². The molecule has 0 saturated heterocycles. The fourth-order valence-corrected chi connectivity index (χ4v) is 1.83. The van der Waals surface area contributed by atoms with Crippen molar-refractivity contribution in [2.45, 2.75) is 9.92 Å². The van der Waals surface area contributed by atoms with Crippen molar-refractivity contribution in [2.24, 2.45) is 0 Å². The van der Waals surface area contributed by atoms with Crippen LogP contribution in [0.3, 0.4) is 0 Å². The zero-order chi connectivity index (χ0) is 12.3. The van der Waals surface area contributed by atoms with E-state index in [1.807, 2.05) is 6.07 Å². The highest BCUT2D eigenvalue weighted by atomic mass is 32.2. The molecule has 0 amide bonds. The second-order valence-corrected chi connectivity index (χ2v) is 4.09. The van der Waals surface area contributed by atoms with Crippen LogP contribution in [0.1, 0.15) is 5.69 Å². The number of aromatic nitrogens is 2. The summed E-state index contributed by atoms with van der Waals surface area (Å²) in [6, 6.07) is 5.13. The third-order valence-electron chi connectivity index (χ3n) is 1.85. The lowest BCUT2D eigenvalue weighted by molar-refractivity contribution is 0.565. The van der Waals surface area contributed by atoms with Crippen molar-refractivity contribution in [1.29, 1.82) is 5.26 Å². The Morgan fingerprint density at radius 2 is 2.00 bits per heavy atom. The monoisotopic (exact) mass is 249 g/mol. The Balaban J connectivity index is 2.23. The molecule has 0 unspecified atom stereocenters. The molecule has 17 heavy (non-hydrogen) atoms. The van der Waals surface area contributed by atoms with Crippen LogP contribution in [0, 0.1) is 23.0 Å². The molecule has 0 atom stereocenters. The third kappa shape index (κ3) is 2.77. The van der Waals surface area contributed by atoms with Crippen molar-refractivity contribution in [3.8, 4) is 6.07 Å². The first-order valence-electron chi connectivity index (χ1n) is 4.54. The van der Waals surface area contributed by atoms with Crippen LogP contribution in [0.5, 0.6) is 0 Å². The van der Waals surface area contributed by atoms with Crippen molar-refractivity contribution in [3.63, 3.8) is 0 Å². The second-order valence-electron chi connectivity index (χ2n) is 3.03. The maximum absolute atomic E-state index is 13.3. The average molecular weight is 249 g/mol. The molecule has 1 heterocycles. The summed E-state index contributed by atoms with van der Waals surface area (Å²) < 4.78 is 26.0. The SMILES string of the molecule is N#Cc1cnc(Sc2ccc(F)cc2F)cn1. The summed E-state index contributed by atoms with van der Waals surface area (Å²) in [6.45, 7) is 0. The Hall–Kier alpha value is -2.00. The average Bonchev–Trinajstić information content (AvgIpc) is 2.34. The van der Waals surface area contributed by atoms with Gasteiger partial charge in [0.1, 0.15) is 22.7 Å². The maximum Gasteiger partial charge on any atom is 0.158 e. The number of halogens is 2. The van der Waals surface area contributed by atoms with Crippen LogP contribution >= 0.6 is 11.8 Å². The Morgan fingerprint density at radius 1 is 1.18 bits per heavy atom. The summed E-state index contributed by atoms with van der Waals surface area (Å²) in [5, 5.41) is 8.97. The lowest BCUT2D eigenvalue weighted by Crippen LogP contribution is -1.88. The summed E-state index contributed by atoms with van der Waals surface area (Å²) in [6.07, 6.45) is 2.66. The minimum absolute atomic E-state index is 0.189. The van der Waals surface area contributed by atoms with E-state index in [2.05, 4.69) is 9.97 Å². The van der Waals surface area contributed by atoms with Crippen molar-refractivity contribution in [3.05, 3.63) is 47.9 Å². The molecule has 0 aliphatic heterocycles. The summed E-state index contributed by atoms with van der Waals surface area (Å²) >= 11 is 1.02. The zero-order valence-electron chi connectivity index (χ0n) is 8.39. The van der Waals surface area contributed by atoms with Crippen molar-refractivity contribution < 1.29 is 8.78 Å². The Labute approximate surface area is 100 Å². The van der Waals surface area contributed by atoms with Gasteiger partial charge in [0.15, 0.2) is 5.69 Å². The number of hydrogen-bond donors (Lipinski definition) is 0. The van der Waals surface area contributed by atoms with E-state index >= 15 is 0 Å². The van der Waals surface area contributed by atoms with Gasteiger partial charge in [-0.25, -0.2) is 18.7 Å². The lowest BCUT2D eigenvalue weighted by Gasteiger charge is -2.01. The molecule has 0 radical (unpaired) electrons. The minimum atomic E-state index is -0.652. The van der Waals surface area contributed by atoms with Gasteiger partial charge in [0, 0.05) is 11.0 Å². The van der Waals surface area contributed by atoms with Gasteiger partial charge in [0.05, 0.1) is 12.4 Å². The van der Waals surface area contributed by atoms with E-state index in [0.717, 1.165) is 17.8 Å². The van der Waals surface area contributed by atoms with E-state index < -0.39 is 11.6 Å². The molecule has 1 aromatic heterocycles. The fourth-order valence-electron chi connectivity index (χ4n) is 1.10. The van der Waals surface area contributed by atoms with Gasteiger partial charge in [-0.05, 0) is 12.1 Å². The van der Waals surface area contributed by atoms with Gasteiger partial charge in [0.25, 0.3) is 0 Å². The highest BCUT2D eigenvalue weighted by Crippen LogP contribution is 2.28. The standard InChI is InChI=1S/C11H5F2N3S/c12-7-1-2-10(9(13)3-7)17-11-6-15-8(4-14)5-16-11/h1-3,5-6H. The maximum atomic E-state index is 13.3. The summed E-state index contributed by atoms with van der Waals surface area (Å²) in [7, 11) is 0. The minimum Gasteiger partial charge on any atom is -0.245 e. The molecule has 0 bridgehead atoms. The van der Waals surface area contributed by atoms with Gasteiger partial charge in [-0.2, -0.15) is 5.26 Å². The largest absolute Gasteiger partial charge is 0.245 e. The lowest BCUT2D eigenvalue weighted by atomic mass is 10.3. The molecule has 0 N–H and O–H groups in total. The second kappa shape index (κ2) is 4.89. The highest BCUT2D eigenvalue weighted by Gasteiger charge is 2.06. The summed E-state index contributed by atoms with van der Waals surface area (Å²) in [5.74, 6) is -1.28. The topological polar surface area (TPSA) is 49.6 Å². The number of hydrogen-bond acceptors (Lipinski definition) is 4. The molecule has 3 nitrogen and oxygen atoms in total. The molecule has 2 rings (SSSR count). The molecule has 0 aliphatic rings. The van der Waals surface area contributed by atoms with Crippen molar-refractivity contribution >= 4 is 11.8 Å². The fraction of sp³-hybridized carbons (Fsp3) is 0. The highest BCUT2D eigenvalue weighted by molar-refractivity contribution is 7.99. The first-order chi connectivity index (χ1) is 8.19. The van der Waals surface area contributed by atoms with Crippen LogP contribution in [-0.4, -0.2) is 9.97 Å². The van der Waals surface area contributed by atoms with Gasteiger partial charge in [0.2, 0.25) is 0 Å². The number of rotatable bonds is 2. The summed E-state index contributed by atoms with van der Waals surface area (Å²) in [5.41, 5.74) is 0.189. The first-order valence-corrected chi connectivity index (χ1v) is 5.36. The Bertz CT molecular complexity index is 578. The normalized spacial score (nSPS) is 9.94. The number of nitrogens with zero attached hydrogens (tertiary/aromatic N) is 3. The molecule has 0 spiro atoms. The molecular weight excluding hydrogens is 244 g/mol. The molecular formula is C11H5F2N3S. The van der Waals surface area contributed by atoms with Crippen LogP contribution in [0.15, 0.2) is 40.5 Å². The number of nitriles is 1. The Kier molecular flexibility index (Phi) is 3.30. The van der Waals surface area contributed by atoms with Gasteiger partial charge in [-0.3, -0.25) is 0 Å². The quantitative estimate of drug-likeness (QED) is 0.821. The van der Waals surface area contributed by atoms with E-state index in [4.69, 9.17) is 5.26 Å². The van der Waals surface area contributed by atoms with Crippen LogP contribution in [0.2, 0.25) is 0 Å². The molecule has 1 aromatic carbocycles. The van der Waals surface area contributed by atoms with Crippen molar-refractivity contribution in [2.75, 3.05) is 0 Å². The van der Waals surface area contributed by atoms with Gasteiger partial charge >= 0.3 is 0 Å². The van der Waals surface area contributed by atoms with Gasteiger partial charge in [-0.1, -0.05) is 11.8 Å². The zero-order valence-corrected chi connectivity index (χ0v) is 9.21. The van der Waals surface area contributed by atoms with Crippen LogP contribution in [0.25, 0.3) is 0 Å². The van der Waals surface area contributed by atoms with Gasteiger partial charge in [-0.15, -0.1) is 0 Å². The Morgan fingerprint density at radius 3 is 2.59 bits per heavy atom. The van der Waals surface area contributed by atoms with E-state index in [1.54, 1.807) is 0 Å². The molecule has 2 aromatic rings. The molecule has 0 aliphatic carbocycles. The molecule has 6 heteroatoms. The molecule has 84 valence electrons. The first kappa shape index (κ1) is 11.5. The van der Waals surface area contributed by atoms with Gasteiger partial charge < -0.3 is 0 Å². The molecule has 0 fully saturated rings. The van der Waals surface area contributed by atoms with Crippen LogP contribution < -0.4 is 0 Å². The third-order valence-corrected chi connectivity index (χ3v) is 2.82. The summed E-state index contributed by atoms with van der Waals surface area (Å²) in [4.78, 5) is 7.98. The predicted molar refractivity (Wildman–Crippen MR) is 57.2 cm³/mol. The van der Waals surface area contributed by atoms with Crippen LogP contribution in [-0.2, 0) is 0 Å². The van der Waals surface area contributed by atoms with Crippen LogP contribution in [0.4, 0.5) is 8.78 Å². The smallest absolute Gasteiger partial charge is 0.158 e. The van der Waals surface area contributed by atoms with Crippen molar-refractivity contribution in [1.82, 2.24) is 9.97 Å². The predicted octanol–water partition coefficient (Wildman–Crippen LogP) is 2.78.